The highest BCUT2D eigenvalue weighted by atomic mass is 32.1. The van der Waals surface area contributed by atoms with Gasteiger partial charge in [0.15, 0.2) is 16.6 Å². The van der Waals surface area contributed by atoms with Crippen LogP contribution in [0, 0.1) is 24.0 Å². The van der Waals surface area contributed by atoms with E-state index in [9.17, 15) is 14.9 Å². The molecule has 4 rings (SSSR count). The summed E-state index contributed by atoms with van der Waals surface area (Å²) < 4.78 is 16.9. The maximum Gasteiger partial charge on any atom is 0.286 e. The Labute approximate surface area is 207 Å². The number of carbonyl (C=O) groups excluding carboxylic acids is 1. The molecule has 186 valence electrons. The maximum atomic E-state index is 13.9. The molecule has 11 heteroatoms. The number of thiazole rings is 1. The third kappa shape index (κ3) is 5.21. The first kappa shape index (κ1) is 24.8. The average Bonchev–Trinajstić information content (AvgIpc) is 3.25. The Hall–Kier alpha value is -3.28. The molecule has 0 saturated carbocycles. The van der Waals surface area contributed by atoms with Crippen molar-refractivity contribution >= 4 is 38.3 Å². The summed E-state index contributed by atoms with van der Waals surface area (Å²) in [6.07, 6.45) is 0. The molecule has 1 saturated heterocycles. The lowest BCUT2D eigenvalue weighted by Gasteiger charge is -2.29. The monoisotopic (exact) mass is 500 g/mol. The third-order valence-corrected chi connectivity index (χ3v) is 7.18. The molecule has 0 spiro atoms. The fraction of sp³-hybridized carbons (Fsp3) is 0.417. The fourth-order valence-electron chi connectivity index (χ4n) is 3.97. The number of nitro groups is 1. The number of nitrogens with zero attached hydrogens (tertiary/aromatic N) is 4. The molecule has 0 radical (unpaired) electrons. The van der Waals surface area contributed by atoms with E-state index >= 15 is 0 Å². The molecule has 0 bridgehead atoms. The molecule has 0 N–H and O–H groups in total. The van der Waals surface area contributed by atoms with Gasteiger partial charge in [0.25, 0.3) is 11.6 Å². The van der Waals surface area contributed by atoms with E-state index < -0.39 is 10.8 Å². The van der Waals surface area contributed by atoms with Crippen molar-refractivity contribution in [3.63, 3.8) is 0 Å². The Morgan fingerprint density at radius 1 is 1.14 bits per heavy atom. The number of aryl methyl sites for hydroxylation is 2. The molecule has 1 aliphatic heterocycles. The largest absolute Gasteiger partial charge is 0.493 e. The van der Waals surface area contributed by atoms with Crippen molar-refractivity contribution in [3.8, 4) is 11.5 Å². The highest BCUT2D eigenvalue weighted by molar-refractivity contribution is 7.22. The Morgan fingerprint density at radius 3 is 2.46 bits per heavy atom. The van der Waals surface area contributed by atoms with Crippen LogP contribution in [0.4, 0.5) is 10.8 Å². The minimum Gasteiger partial charge on any atom is -0.493 e. The number of morpholine rings is 1. The van der Waals surface area contributed by atoms with Crippen LogP contribution < -0.4 is 14.4 Å². The van der Waals surface area contributed by atoms with Gasteiger partial charge in [-0.2, -0.15) is 0 Å². The van der Waals surface area contributed by atoms with Gasteiger partial charge >= 0.3 is 0 Å². The number of ether oxygens (including phenoxy) is 3. The molecule has 1 aliphatic rings. The lowest BCUT2D eigenvalue weighted by Crippen LogP contribution is -2.43. The van der Waals surface area contributed by atoms with E-state index in [0.717, 1.165) is 34.4 Å². The lowest BCUT2D eigenvalue weighted by molar-refractivity contribution is -0.385. The summed E-state index contributed by atoms with van der Waals surface area (Å²) in [6.45, 7) is 7.74. The number of carbonyl (C=O) groups is 1. The molecule has 10 nitrogen and oxygen atoms in total. The summed E-state index contributed by atoms with van der Waals surface area (Å²) >= 11 is 1.39. The predicted octanol–water partition coefficient (Wildman–Crippen LogP) is 3.82. The molecule has 2 heterocycles. The van der Waals surface area contributed by atoms with Gasteiger partial charge in [0, 0.05) is 32.2 Å². The molecule has 2 aromatic carbocycles. The van der Waals surface area contributed by atoms with Crippen LogP contribution in [0.25, 0.3) is 10.2 Å². The number of hydrogen-bond donors (Lipinski definition) is 0. The van der Waals surface area contributed by atoms with E-state index in [1.807, 2.05) is 19.9 Å². The summed E-state index contributed by atoms with van der Waals surface area (Å²) in [5, 5.41) is 12.4. The third-order valence-electron chi connectivity index (χ3n) is 6.14. The SMILES string of the molecule is COc1cc(C(=O)N(CCN2CCOCC2)c2nc3cc(C)c(C)cc3s2)c([N+](=O)[O-])cc1OC. The van der Waals surface area contributed by atoms with Gasteiger partial charge in [0.2, 0.25) is 0 Å². The predicted molar refractivity (Wildman–Crippen MR) is 134 cm³/mol. The molecule has 1 amide bonds. The topological polar surface area (TPSA) is 107 Å². The van der Waals surface area contributed by atoms with Crippen LogP contribution in [-0.4, -0.2) is 74.3 Å². The zero-order valence-electron chi connectivity index (χ0n) is 20.2. The Bertz CT molecular complexity index is 1220. The van der Waals surface area contributed by atoms with Crippen molar-refractivity contribution in [3.05, 3.63) is 51.1 Å². The van der Waals surface area contributed by atoms with Crippen LogP contribution in [0.5, 0.6) is 11.5 Å². The summed E-state index contributed by atoms with van der Waals surface area (Å²) in [6, 6.07) is 6.63. The number of benzene rings is 2. The first-order valence-corrected chi connectivity index (χ1v) is 12.0. The molecule has 0 atom stereocenters. The second-order valence-corrected chi connectivity index (χ2v) is 9.30. The van der Waals surface area contributed by atoms with Gasteiger partial charge in [-0.25, -0.2) is 4.98 Å². The van der Waals surface area contributed by atoms with Gasteiger partial charge in [0.1, 0.15) is 5.56 Å². The molecular weight excluding hydrogens is 472 g/mol. The van der Waals surface area contributed by atoms with Crippen LogP contribution >= 0.6 is 11.3 Å². The summed E-state index contributed by atoms with van der Waals surface area (Å²) in [5.74, 6) is -0.0925. The standard InChI is InChI=1S/C24H28N4O6S/c1-15-11-18-22(12-16(15)2)35-24(25-18)27(6-5-26-7-9-34-10-8-26)23(29)17-13-20(32-3)21(33-4)14-19(17)28(30)31/h11-14H,5-10H2,1-4H3. The van der Waals surface area contributed by atoms with Gasteiger partial charge in [0.05, 0.1) is 48.6 Å². The molecule has 3 aromatic rings. The van der Waals surface area contributed by atoms with Crippen LogP contribution in [0.1, 0.15) is 21.5 Å². The highest BCUT2D eigenvalue weighted by Gasteiger charge is 2.30. The smallest absolute Gasteiger partial charge is 0.286 e. The molecular formula is C24H28N4O6S. The average molecular weight is 501 g/mol. The highest BCUT2D eigenvalue weighted by Crippen LogP contribution is 2.37. The quantitative estimate of drug-likeness (QED) is 0.339. The van der Waals surface area contributed by atoms with Crippen molar-refractivity contribution < 1.29 is 23.9 Å². The van der Waals surface area contributed by atoms with Crippen LogP contribution in [0.15, 0.2) is 24.3 Å². The number of anilines is 1. The van der Waals surface area contributed by atoms with Crippen molar-refractivity contribution in [2.75, 3.05) is 58.5 Å². The van der Waals surface area contributed by atoms with E-state index in [2.05, 4.69) is 11.0 Å². The maximum absolute atomic E-state index is 13.9. The van der Waals surface area contributed by atoms with E-state index in [1.165, 1.54) is 42.6 Å². The van der Waals surface area contributed by atoms with Crippen LogP contribution in [0.2, 0.25) is 0 Å². The van der Waals surface area contributed by atoms with E-state index in [4.69, 9.17) is 19.2 Å². The normalized spacial score (nSPS) is 14.2. The molecule has 1 fully saturated rings. The number of hydrogen-bond acceptors (Lipinski definition) is 9. The summed E-state index contributed by atoms with van der Waals surface area (Å²) in [4.78, 5) is 33.6. The molecule has 0 aliphatic carbocycles. The van der Waals surface area contributed by atoms with Gasteiger partial charge in [-0.05, 0) is 37.1 Å². The minimum absolute atomic E-state index is 0.0822. The number of methoxy groups -OCH3 is 2. The van der Waals surface area contributed by atoms with Crippen molar-refractivity contribution in [2.45, 2.75) is 13.8 Å². The number of fused-ring (bicyclic) bond motifs is 1. The zero-order valence-corrected chi connectivity index (χ0v) is 21.0. The van der Waals surface area contributed by atoms with Crippen molar-refractivity contribution in [1.29, 1.82) is 0 Å². The number of aromatic nitrogens is 1. The van der Waals surface area contributed by atoms with E-state index in [1.54, 1.807) is 0 Å². The second-order valence-electron chi connectivity index (χ2n) is 8.29. The fourth-order valence-corrected chi connectivity index (χ4v) is 5.04. The van der Waals surface area contributed by atoms with Gasteiger partial charge in [-0.15, -0.1) is 0 Å². The minimum atomic E-state index is -0.583. The van der Waals surface area contributed by atoms with Gasteiger partial charge in [-0.1, -0.05) is 11.3 Å². The number of amides is 1. The van der Waals surface area contributed by atoms with Crippen LogP contribution in [0.3, 0.4) is 0 Å². The Morgan fingerprint density at radius 2 is 1.80 bits per heavy atom. The van der Waals surface area contributed by atoms with E-state index in [-0.39, 0.29) is 22.7 Å². The molecule has 35 heavy (non-hydrogen) atoms. The Balaban J connectivity index is 1.77. The number of nitro benzene ring substituents is 1. The zero-order chi connectivity index (χ0) is 25.1. The van der Waals surface area contributed by atoms with Gasteiger partial charge < -0.3 is 14.2 Å². The summed E-state index contributed by atoms with van der Waals surface area (Å²) in [5.41, 5.74) is 2.60. The first-order valence-electron chi connectivity index (χ1n) is 11.2. The van der Waals surface area contributed by atoms with Crippen LogP contribution in [-0.2, 0) is 4.74 Å². The first-order chi connectivity index (χ1) is 16.8. The van der Waals surface area contributed by atoms with Gasteiger partial charge in [-0.3, -0.25) is 24.7 Å². The molecule has 1 aromatic heterocycles. The second kappa shape index (κ2) is 10.5. The number of rotatable bonds is 8. The summed E-state index contributed by atoms with van der Waals surface area (Å²) in [7, 11) is 2.81. The van der Waals surface area contributed by atoms with E-state index in [0.29, 0.717) is 31.4 Å². The lowest BCUT2D eigenvalue weighted by atomic mass is 10.1. The van der Waals surface area contributed by atoms with Crippen molar-refractivity contribution in [2.24, 2.45) is 0 Å². The Kier molecular flexibility index (Phi) is 7.48. The van der Waals surface area contributed by atoms with Crippen molar-refractivity contribution in [1.82, 2.24) is 9.88 Å². The molecule has 0 unspecified atom stereocenters.